The Morgan fingerprint density at radius 3 is 2.81 bits per heavy atom. The quantitative estimate of drug-likeness (QED) is 0.533. The predicted octanol–water partition coefficient (Wildman–Crippen LogP) is 2.51. The van der Waals surface area contributed by atoms with Gasteiger partial charge in [0.2, 0.25) is 0 Å². The van der Waals surface area contributed by atoms with Gasteiger partial charge < -0.3 is 0 Å². The van der Waals surface area contributed by atoms with Gasteiger partial charge in [-0.3, -0.25) is 19.9 Å². The van der Waals surface area contributed by atoms with E-state index in [1.165, 1.54) is 29.0 Å². The minimum atomic E-state index is -0.468. The fourth-order valence-electron chi connectivity index (χ4n) is 1.47. The summed E-state index contributed by atoms with van der Waals surface area (Å²) in [5.41, 5.74) is 4.13. The predicted molar refractivity (Wildman–Crippen MR) is 79.6 cm³/mol. The summed E-state index contributed by atoms with van der Waals surface area (Å²) in [6.07, 6.45) is 1.46. The molecule has 0 aliphatic heterocycles. The van der Waals surface area contributed by atoms with Gasteiger partial charge in [0, 0.05) is 18.0 Å². The lowest BCUT2D eigenvalue weighted by molar-refractivity contribution is -0.384. The van der Waals surface area contributed by atoms with Crippen LogP contribution in [0.15, 0.2) is 34.9 Å². The van der Waals surface area contributed by atoms with Gasteiger partial charge in [-0.25, -0.2) is 5.43 Å². The van der Waals surface area contributed by atoms with Crippen LogP contribution in [-0.4, -0.2) is 21.5 Å². The number of aryl methyl sites for hydroxylation is 1. The summed E-state index contributed by atoms with van der Waals surface area (Å²) in [4.78, 5) is 26.6. The summed E-state index contributed by atoms with van der Waals surface area (Å²) in [5, 5.41) is 16.0. The molecule has 0 aromatic carbocycles. The fraction of sp³-hybridized carbons (Fsp3) is 0.154. The number of amides is 1. The van der Waals surface area contributed by atoms with E-state index in [-0.39, 0.29) is 11.6 Å². The molecule has 0 aliphatic rings. The average Bonchev–Trinajstić information content (AvgIpc) is 2.95. The molecular formula is C13H12N4O3S. The van der Waals surface area contributed by atoms with Crippen molar-refractivity contribution >= 4 is 28.6 Å². The van der Waals surface area contributed by atoms with Crippen molar-refractivity contribution in [2.45, 2.75) is 13.8 Å². The first-order valence-electron chi connectivity index (χ1n) is 5.98. The van der Waals surface area contributed by atoms with Crippen LogP contribution >= 0.6 is 11.3 Å². The first-order chi connectivity index (χ1) is 9.97. The molecule has 0 fully saturated rings. The Hall–Kier alpha value is -2.61. The van der Waals surface area contributed by atoms with E-state index in [0.717, 1.165) is 5.69 Å². The molecule has 2 rings (SSSR count). The van der Waals surface area contributed by atoms with E-state index >= 15 is 0 Å². The van der Waals surface area contributed by atoms with Crippen LogP contribution in [0.3, 0.4) is 0 Å². The summed E-state index contributed by atoms with van der Waals surface area (Å²) in [6.45, 7) is 3.50. The molecular weight excluding hydrogens is 292 g/mol. The van der Waals surface area contributed by atoms with E-state index in [1.54, 1.807) is 19.1 Å². The smallest absolute Gasteiger partial charge is 0.267 e. The lowest BCUT2D eigenvalue weighted by Crippen LogP contribution is -2.19. The number of hydrogen-bond donors (Lipinski definition) is 1. The highest BCUT2D eigenvalue weighted by atomic mass is 32.1. The van der Waals surface area contributed by atoms with Crippen LogP contribution < -0.4 is 5.43 Å². The van der Waals surface area contributed by atoms with Crippen molar-refractivity contribution in [2.75, 3.05) is 0 Å². The molecule has 1 amide bonds. The molecule has 108 valence electrons. The van der Waals surface area contributed by atoms with Crippen molar-refractivity contribution in [3.05, 3.63) is 56.0 Å². The van der Waals surface area contributed by atoms with Gasteiger partial charge in [-0.2, -0.15) is 5.10 Å². The Bertz CT molecular complexity index is 706. The van der Waals surface area contributed by atoms with Crippen molar-refractivity contribution in [3.8, 4) is 0 Å². The van der Waals surface area contributed by atoms with Crippen molar-refractivity contribution in [1.82, 2.24) is 10.4 Å². The molecule has 0 spiro atoms. The Balaban J connectivity index is 2.07. The first-order valence-corrected chi connectivity index (χ1v) is 6.86. The lowest BCUT2D eigenvalue weighted by Gasteiger charge is -2.01. The SMILES string of the molecule is C/C(=N\NC(=O)c1ccc(C)nc1)c1cc([N+](=O)[O-])cs1. The fourth-order valence-corrected chi connectivity index (χ4v) is 2.27. The molecule has 7 nitrogen and oxygen atoms in total. The third kappa shape index (κ3) is 3.69. The molecule has 0 radical (unpaired) electrons. The van der Waals surface area contributed by atoms with E-state index in [2.05, 4.69) is 15.5 Å². The number of nitrogens with zero attached hydrogens (tertiary/aromatic N) is 3. The number of pyridine rings is 1. The number of carbonyl (C=O) groups is 1. The number of hydrazone groups is 1. The van der Waals surface area contributed by atoms with Crippen molar-refractivity contribution in [3.63, 3.8) is 0 Å². The summed E-state index contributed by atoms with van der Waals surface area (Å²) >= 11 is 1.20. The second-order valence-electron chi connectivity index (χ2n) is 4.25. The minimum absolute atomic E-state index is 0.0126. The maximum Gasteiger partial charge on any atom is 0.280 e. The summed E-state index contributed by atoms with van der Waals surface area (Å²) in [6, 6.07) is 4.80. The van der Waals surface area contributed by atoms with Crippen LogP contribution in [0.5, 0.6) is 0 Å². The minimum Gasteiger partial charge on any atom is -0.267 e. The van der Waals surface area contributed by atoms with Crippen molar-refractivity contribution < 1.29 is 9.72 Å². The van der Waals surface area contributed by atoms with Crippen molar-refractivity contribution in [2.24, 2.45) is 5.10 Å². The molecule has 0 unspecified atom stereocenters. The van der Waals surface area contributed by atoms with Gasteiger partial charge >= 0.3 is 0 Å². The van der Waals surface area contributed by atoms with Crippen LogP contribution in [0.25, 0.3) is 0 Å². The van der Waals surface area contributed by atoms with E-state index in [0.29, 0.717) is 16.2 Å². The number of hydrogen-bond acceptors (Lipinski definition) is 6. The second kappa shape index (κ2) is 6.23. The number of nitrogens with one attached hydrogen (secondary N) is 1. The van der Waals surface area contributed by atoms with Crippen LogP contribution in [0.2, 0.25) is 0 Å². The van der Waals surface area contributed by atoms with Gasteiger partial charge in [-0.05, 0) is 26.0 Å². The highest BCUT2D eigenvalue weighted by Gasteiger charge is 2.11. The molecule has 2 heterocycles. The first kappa shape index (κ1) is 14.8. The van der Waals surface area contributed by atoms with Gasteiger partial charge in [0.25, 0.3) is 11.6 Å². The van der Waals surface area contributed by atoms with Crippen LogP contribution in [0.1, 0.15) is 27.9 Å². The third-order valence-corrected chi connectivity index (χ3v) is 3.68. The maximum atomic E-state index is 11.8. The van der Waals surface area contributed by atoms with Crippen LogP contribution in [0.4, 0.5) is 5.69 Å². The number of carbonyl (C=O) groups excluding carboxylic acids is 1. The molecule has 21 heavy (non-hydrogen) atoms. The Morgan fingerprint density at radius 2 is 2.24 bits per heavy atom. The summed E-state index contributed by atoms with van der Waals surface area (Å²) in [7, 11) is 0. The zero-order chi connectivity index (χ0) is 15.4. The molecule has 0 atom stereocenters. The van der Waals surface area contributed by atoms with Crippen LogP contribution in [-0.2, 0) is 0 Å². The van der Waals surface area contributed by atoms with Gasteiger partial charge in [-0.1, -0.05) is 0 Å². The van der Waals surface area contributed by atoms with E-state index in [1.807, 2.05) is 6.92 Å². The zero-order valence-electron chi connectivity index (χ0n) is 11.4. The molecule has 0 saturated carbocycles. The second-order valence-corrected chi connectivity index (χ2v) is 5.16. The topological polar surface area (TPSA) is 97.5 Å². The maximum absolute atomic E-state index is 11.8. The normalized spacial score (nSPS) is 11.2. The van der Waals surface area contributed by atoms with Gasteiger partial charge in [0.1, 0.15) is 0 Å². The largest absolute Gasteiger partial charge is 0.280 e. The lowest BCUT2D eigenvalue weighted by atomic mass is 10.2. The molecule has 2 aromatic heterocycles. The molecule has 8 heteroatoms. The van der Waals surface area contributed by atoms with Gasteiger partial charge in [0.15, 0.2) is 0 Å². The average molecular weight is 304 g/mol. The van der Waals surface area contributed by atoms with Gasteiger partial charge in [-0.15, -0.1) is 11.3 Å². The van der Waals surface area contributed by atoms with Gasteiger partial charge in [0.05, 0.1) is 26.5 Å². The standard InChI is InChI=1S/C13H12N4O3S/c1-8-3-4-10(6-14-8)13(18)16-15-9(2)12-5-11(7-21-12)17(19)20/h3-7H,1-2H3,(H,16,18)/b15-9+. The Morgan fingerprint density at radius 1 is 1.48 bits per heavy atom. The molecule has 0 saturated heterocycles. The molecule has 0 aliphatic carbocycles. The van der Waals surface area contributed by atoms with Crippen LogP contribution in [0, 0.1) is 17.0 Å². The number of rotatable bonds is 4. The highest BCUT2D eigenvalue weighted by Crippen LogP contribution is 2.21. The third-order valence-electron chi connectivity index (χ3n) is 2.65. The zero-order valence-corrected chi connectivity index (χ0v) is 12.2. The van der Waals surface area contributed by atoms with E-state index in [4.69, 9.17) is 0 Å². The van der Waals surface area contributed by atoms with Crippen molar-refractivity contribution in [1.29, 1.82) is 0 Å². The summed E-state index contributed by atoms with van der Waals surface area (Å²) < 4.78 is 0. The Kier molecular flexibility index (Phi) is 4.39. The highest BCUT2D eigenvalue weighted by molar-refractivity contribution is 7.12. The molecule has 2 aromatic rings. The Labute approximate surface area is 124 Å². The molecule has 0 bridgehead atoms. The number of nitro groups is 1. The van der Waals surface area contributed by atoms with E-state index in [9.17, 15) is 14.9 Å². The molecule has 1 N–H and O–H groups in total. The summed E-state index contributed by atoms with van der Waals surface area (Å²) in [5.74, 6) is -0.382. The number of thiophene rings is 1. The monoisotopic (exact) mass is 304 g/mol. The van der Waals surface area contributed by atoms with E-state index < -0.39 is 4.92 Å². The number of aromatic nitrogens is 1.